The molecule has 0 atom stereocenters. The Morgan fingerprint density at radius 2 is 2.00 bits per heavy atom. The Bertz CT molecular complexity index is 469. The molecule has 0 fully saturated rings. The maximum absolute atomic E-state index is 11.5. The molecule has 0 saturated carbocycles. The second kappa shape index (κ2) is 9.31. The first-order chi connectivity index (χ1) is 9.65. The molecule has 1 N–H and O–H groups in total. The van der Waals surface area contributed by atoms with E-state index in [0.29, 0.717) is 13.0 Å². The van der Waals surface area contributed by atoms with E-state index in [-0.39, 0.29) is 11.9 Å². The van der Waals surface area contributed by atoms with Gasteiger partial charge in [-0.25, -0.2) is 4.79 Å². The summed E-state index contributed by atoms with van der Waals surface area (Å²) in [6.07, 6.45) is 4.36. The van der Waals surface area contributed by atoms with Gasteiger partial charge in [0.2, 0.25) is 5.91 Å². The predicted molar refractivity (Wildman–Crippen MR) is 83.8 cm³/mol. The highest BCUT2D eigenvalue weighted by Crippen LogP contribution is 2.11. The maximum Gasteiger partial charge on any atom is 0.330 e. The van der Waals surface area contributed by atoms with Crippen molar-refractivity contribution < 1.29 is 14.3 Å². The number of alkyl halides is 1. The van der Waals surface area contributed by atoms with Gasteiger partial charge >= 0.3 is 5.97 Å². The predicted octanol–water partition coefficient (Wildman–Crippen LogP) is 3.38. The van der Waals surface area contributed by atoms with Crippen molar-refractivity contribution in [1.82, 2.24) is 0 Å². The van der Waals surface area contributed by atoms with Gasteiger partial charge in [0.25, 0.3) is 0 Å². The van der Waals surface area contributed by atoms with E-state index in [0.717, 1.165) is 23.0 Å². The van der Waals surface area contributed by atoms with Gasteiger partial charge in [0.1, 0.15) is 0 Å². The molecule has 0 spiro atoms. The van der Waals surface area contributed by atoms with E-state index in [2.05, 4.69) is 21.2 Å². The molecule has 1 aromatic carbocycles. The molecule has 4 nitrogen and oxygen atoms in total. The van der Waals surface area contributed by atoms with Gasteiger partial charge in [-0.2, -0.15) is 0 Å². The molecule has 1 rings (SSSR count). The number of rotatable bonds is 7. The smallest absolute Gasteiger partial charge is 0.330 e. The van der Waals surface area contributed by atoms with Crippen molar-refractivity contribution in [3.63, 3.8) is 0 Å². The molecule has 1 amide bonds. The molecule has 0 radical (unpaired) electrons. The van der Waals surface area contributed by atoms with Gasteiger partial charge in [-0.05, 0) is 37.1 Å². The highest BCUT2D eigenvalue weighted by molar-refractivity contribution is 9.09. The normalized spacial score (nSPS) is 10.5. The second-order valence-electron chi connectivity index (χ2n) is 4.05. The molecule has 108 valence electrons. The molecule has 5 heteroatoms. The third kappa shape index (κ3) is 6.52. The molecule has 0 bridgehead atoms. The Morgan fingerprint density at radius 3 is 2.60 bits per heavy atom. The topological polar surface area (TPSA) is 55.4 Å². The minimum atomic E-state index is -0.361. The van der Waals surface area contributed by atoms with E-state index >= 15 is 0 Å². The van der Waals surface area contributed by atoms with Crippen LogP contribution in [-0.2, 0) is 14.3 Å². The standard InChI is InChI=1S/C15H18BrNO3/c1-2-20-15(19)10-7-12-5-8-13(9-6-12)17-14(18)4-3-11-16/h5-10H,2-4,11H2,1H3,(H,17,18)/b10-7+. The summed E-state index contributed by atoms with van der Waals surface area (Å²) in [5.74, 6) is -0.362. The molecule has 0 aromatic heterocycles. The number of carbonyl (C=O) groups excluding carboxylic acids is 2. The molecule has 0 unspecified atom stereocenters. The van der Waals surface area contributed by atoms with Crippen molar-refractivity contribution in [2.24, 2.45) is 0 Å². The van der Waals surface area contributed by atoms with E-state index in [4.69, 9.17) is 4.74 Å². The Morgan fingerprint density at radius 1 is 1.30 bits per heavy atom. The van der Waals surface area contributed by atoms with Crippen LogP contribution in [0.4, 0.5) is 5.69 Å². The van der Waals surface area contributed by atoms with Crippen LogP contribution in [0.3, 0.4) is 0 Å². The van der Waals surface area contributed by atoms with Crippen molar-refractivity contribution in [2.75, 3.05) is 17.3 Å². The van der Waals surface area contributed by atoms with Crippen LogP contribution in [0, 0.1) is 0 Å². The van der Waals surface area contributed by atoms with Crippen LogP contribution in [0.5, 0.6) is 0 Å². The highest BCUT2D eigenvalue weighted by Gasteiger charge is 2.01. The lowest BCUT2D eigenvalue weighted by atomic mass is 10.2. The Kier molecular flexibility index (Phi) is 7.65. The van der Waals surface area contributed by atoms with E-state index in [1.54, 1.807) is 25.1 Å². The van der Waals surface area contributed by atoms with Crippen LogP contribution in [0.2, 0.25) is 0 Å². The van der Waals surface area contributed by atoms with Gasteiger partial charge in [0.15, 0.2) is 0 Å². The average Bonchev–Trinajstić information content (AvgIpc) is 2.45. The number of hydrogen-bond acceptors (Lipinski definition) is 3. The van der Waals surface area contributed by atoms with Gasteiger partial charge in [-0.15, -0.1) is 0 Å². The Hall–Kier alpha value is -1.62. The summed E-state index contributed by atoms with van der Waals surface area (Å²) in [7, 11) is 0. The molecular weight excluding hydrogens is 322 g/mol. The number of hydrogen-bond donors (Lipinski definition) is 1. The van der Waals surface area contributed by atoms with Crippen molar-refractivity contribution in [3.8, 4) is 0 Å². The fourth-order valence-corrected chi connectivity index (χ4v) is 1.76. The van der Waals surface area contributed by atoms with Gasteiger partial charge in [0.05, 0.1) is 6.61 Å². The van der Waals surface area contributed by atoms with Crippen LogP contribution in [-0.4, -0.2) is 23.8 Å². The third-order valence-corrected chi connectivity index (χ3v) is 2.99. The quantitative estimate of drug-likeness (QED) is 0.470. The van der Waals surface area contributed by atoms with Gasteiger partial charge in [-0.3, -0.25) is 4.79 Å². The van der Waals surface area contributed by atoms with Crippen LogP contribution in [0.15, 0.2) is 30.3 Å². The van der Waals surface area contributed by atoms with Crippen LogP contribution >= 0.6 is 15.9 Å². The van der Waals surface area contributed by atoms with Crippen molar-refractivity contribution >= 4 is 39.6 Å². The summed E-state index contributed by atoms with van der Waals surface area (Å²) in [5.41, 5.74) is 1.62. The zero-order valence-corrected chi connectivity index (χ0v) is 13.0. The molecule has 20 heavy (non-hydrogen) atoms. The molecule has 0 aliphatic rings. The number of nitrogens with one attached hydrogen (secondary N) is 1. The minimum absolute atomic E-state index is 0.000680. The summed E-state index contributed by atoms with van der Waals surface area (Å²) < 4.78 is 4.79. The summed E-state index contributed by atoms with van der Waals surface area (Å²) >= 11 is 3.29. The lowest BCUT2D eigenvalue weighted by Gasteiger charge is -2.04. The highest BCUT2D eigenvalue weighted by atomic mass is 79.9. The largest absolute Gasteiger partial charge is 0.463 e. The molecule has 0 aliphatic carbocycles. The molecule has 0 saturated heterocycles. The van der Waals surface area contributed by atoms with Crippen LogP contribution in [0.1, 0.15) is 25.3 Å². The van der Waals surface area contributed by atoms with Crippen LogP contribution in [0.25, 0.3) is 6.08 Å². The fourth-order valence-electron chi connectivity index (χ4n) is 1.48. The number of carbonyl (C=O) groups is 2. The third-order valence-electron chi connectivity index (χ3n) is 2.43. The molecule has 0 heterocycles. The number of halogens is 1. The van der Waals surface area contributed by atoms with E-state index in [9.17, 15) is 9.59 Å². The summed E-state index contributed by atoms with van der Waals surface area (Å²) in [6.45, 7) is 2.13. The zero-order valence-electron chi connectivity index (χ0n) is 11.4. The summed E-state index contributed by atoms with van der Waals surface area (Å²) in [4.78, 5) is 22.7. The molecular formula is C15H18BrNO3. The minimum Gasteiger partial charge on any atom is -0.463 e. The average molecular weight is 340 g/mol. The molecule has 0 aliphatic heterocycles. The number of esters is 1. The van der Waals surface area contributed by atoms with Crippen molar-refractivity contribution in [2.45, 2.75) is 19.8 Å². The summed E-state index contributed by atoms with van der Waals surface area (Å²) in [5, 5.41) is 3.63. The number of ether oxygens (including phenoxy) is 1. The molecule has 1 aromatic rings. The van der Waals surface area contributed by atoms with E-state index in [1.807, 2.05) is 12.1 Å². The first-order valence-electron chi connectivity index (χ1n) is 6.46. The number of amides is 1. The summed E-state index contributed by atoms with van der Waals surface area (Å²) in [6, 6.07) is 7.26. The first kappa shape index (κ1) is 16.4. The van der Waals surface area contributed by atoms with Crippen LogP contribution < -0.4 is 5.32 Å². The Balaban J connectivity index is 2.51. The van der Waals surface area contributed by atoms with Gasteiger partial charge in [-0.1, -0.05) is 28.1 Å². The number of benzene rings is 1. The van der Waals surface area contributed by atoms with Gasteiger partial charge < -0.3 is 10.1 Å². The lowest BCUT2D eigenvalue weighted by molar-refractivity contribution is -0.137. The lowest BCUT2D eigenvalue weighted by Crippen LogP contribution is -2.11. The SMILES string of the molecule is CCOC(=O)/C=C/c1ccc(NC(=O)CCCBr)cc1. The zero-order chi connectivity index (χ0) is 14.8. The second-order valence-corrected chi connectivity index (χ2v) is 4.84. The monoisotopic (exact) mass is 339 g/mol. The van der Waals surface area contributed by atoms with Crippen molar-refractivity contribution in [1.29, 1.82) is 0 Å². The first-order valence-corrected chi connectivity index (χ1v) is 7.58. The maximum atomic E-state index is 11.5. The number of anilines is 1. The van der Waals surface area contributed by atoms with Crippen molar-refractivity contribution in [3.05, 3.63) is 35.9 Å². The van der Waals surface area contributed by atoms with E-state index in [1.165, 1.54) is 6.08 Å². The Labute approximate surface area is 127 Å². The van der Waals surface area contributed by atoms with E-state index < -0.39 is 0 Å². The fraction of sp³-hybridized carbons (Fsp3) is 0.333. The van der Waals surface area contributed by atoms with Gasteiger partial charge in [0, 0.05) is 23.5 Å².